The highest BCUT2D eigenvalue weighted by atomic mass is 32.1. The van der Waals surface area contributed by atoms with Gasteiger partial charge in [0, 0.05) is 33.6 Å². The number of pyridine rings is 1. The van der Waals surface area contributed by atoms with Crippen molar-refractivity contribution >= 4 is 22.1 Å². The average molecular weight is 296 g/mol. The summed E-state index contributed by atoms with van der Waals surface area (Å²) in [5.41, 5.74) is 1.30. The van der Waals surface area contributed by atoms with Crippen LogP contribution in [0.2, 0.25) is 0 Å². The van der Waals surface area contributed by atoms with Gasteiger partial charge in [-0.3, -0.25) is 4.98 Å². The summed E-state index contributed by atoms with van der Waals surface area (Å²) in [6, 6.07) is 13.4. The molecule has 3 heteroatoms. The molecule has 1 atom stereocenters. The lowest BCUT2D eigenvalue weighted by Crippen LogP contribution is -2.20. The molecular formula is C18H20N2S. The third-order valence-electron chi connectivity index (χ3n) is 3.86. The van der Waals surface area contributed by atoms with Crippen LogP contribution in [0.4, 0.5) is 0 Å². The zero-order valence-corrected chi connectivity index (χ0v) is 13.4. The number of fused-ring (bicyclic) bond motifs is 1. The monoisotopic (exact) mass is 296 g/mol. The van der Waals surface area contributed by atoms with E-state index in [0.29, 0.717) is 12.0 Å². The van der Waals surface area contributed by atoms with Crippen molar-refractivity contribution in [1.82, 2.24) is 10.3 Å². The minimum absolute atomic E-state index is 0.417. The molecule has 3 rings (SSSR count). The molecule has 21 heavy (non-hydrogen) atoms. The Hall–Kier alpha value is -1.71. The summed E-state index contributed by atoms with van der Waals surface area (Å²) in [5.74, 6) is 0.582. The number of thiophene rings is 1. The van der Waals surface area contributed by atoms with Crippen LogP contribution in [0.3, 0.4) is 0 Å². The maximum atomic E-state index is 4.21. The number of nitrogens with zero attached hydrogens (tertiary/aromatic N) is 1. The van der Waals surface area contributed by atoms with Crippen LogP contribution in [0.25, 0.3) is 21.2 Å². The molecule has 0 saturated carbocycles. The zero-order valence-electron chi connectivity index (χ0n) is 12.6. The Kier molecular flexibility index (Phi) is 4.04. The molecule has 0 aliphatic carbocycles. The first kappa shape index (κ1) is 14.2. The molecule has 1 N–H and O–H groups in total. The number of hydrogen-bond donors (Lipinski definition) is 1. The molecule has 1 aromatic carbocycles. The largest absolute Gasteiger partial charge is 0.312 e. The highest BCUT2D eigenvalue weighted by Crippen LogP contribution is 2.36. The van der Waals surface area contributed by atoms with E-state index in [1.807, 2.05) is 30.8 Å². The topological polar surface area (TPSA) is 24.9 Å². The van der Waals surface area contributed by atoms with E-state index < -0.39 is 0 Å². The van der Waals surface area contributed by atoms with Gasteiger partial charge in [0.15, 0.2) is 0 Å². The molecule has 2 heterocycles. The summed E-state index contributed by atoms with van der Waals surface area (Å²) < 4.78 is 0. The normalized spacial score (nSPS) is 13.0. The van der Waals surface area contributed by atoms with Gasteiger partial charge in [-0.25, -0.2) is 0 Å². The lowest BCUT2D eigenvalue weighted by molar-refractivity contribution is 0.449. The van der Waals surface area contributed by atoms with E-state index in [2.05, 4.69) is 60.5 Å². The number of benzene rings is 1. The molecule has 0 radical (unpaired) electrons. The van der Waals surface area contributed by atoms with Crippen LogP contribution in [0.5, 0.6) is 0 Å². The average Bonchev–Trinajstić information content (AvgIpc) is 2.96. The summed E-state index contributed by atoms with van der Waals surface area (Å²) >= 11 is 1.88. The number of nitrogens with one attached hydrogen (secondary N) is 1. The molecule has 1 unspecified atom stereocenters. The molecule has 0 aliphatic heterocycles. The van der Waals surface area contributed by atoms with E-state index in [1.165, 1.54) is 26.1 Å². The third kappa shape index (κ3) is 2.71. The van der Waals surface area contributed by atoms with Crippen LogP contribution in [-0.2, 0) is 0 Å². The van der Waals surface area contributed by atoms with E-state index in [-0.39, 0.29) is 0 Å². The van der Waals surface area contributed by atoms with Gasteiger partial charge in [-0.2, -0.15) is 0 Å². The van der Waals surface area contributed by atoms with Crippen molar-refractivity contribution in [3.8, 4) is 10.4 Å². The quantitative estimate of drug-likeness (QED) is 0.742. The molecule has 108 valence electrons. The Morgan fingerprint density at radius 2 is 1.95 bits per heavy atom. The predicted molar refractivity (Wildman–Crippen MR) is 91.7 cm³/mol. The summed E-state index contributed by atoms with van der Waals surface area (Å²) in [6.45, 7) is 4.51. The van der Waals surface area contributed by atoms with Crippen LogP contribution < -0.4 is 5.32 Å². The minimum Gasteiger partial charge on any atom is -0.312 e. The Balaban J connectivity index is 2.06. The van der Waals surface area contributed by atoms with Crippen LogP contribution >= 0.6 is 11.3 Å². The van der Waals surface area contributed by atoms with Gasteiger partial charge in [0.05, 0.1) is 0 Å². The highest BCUT2D eigenvalue weighted by molar-refractivity contribution is 7.15. The molecular weight excluding hydrogens is 276 g/mol. The Bertz CT molecular complexity index is 740. The van der Waals surface area contributed by atoms with Crippen molar-refractivity contribution in [3.05, 3.63) is 53.7 Å². The van der Waals surface area contributed by atoms with Gasteiger partial charge in [0.25, 0.3) is 0 Å². The van der Waals surface area contributed by atoms with E-state index in [9.17, 15) is 0 Å². The summed E-state index contributed by atoms with van der Waals surface area (Å²) in [5, 5.41) is 5.88. The molecule has 2 nitrogen and oxygen atoms in total. The van der Waals surface area contributed by atoms with Crippen molar-refractivity contribution < 1.29 is 0 Å². The van der Waals surface area contributed by atoms with E-state index in [4.69, 9.17) is 0 Å². The van der Waals surface area contributed by atoms with Gasteiger partial charge in [0.2, 0.25) is 0 Å². The summed E-state index contributed by atoms with van der Waals surface area (Å²) in [4.78, 5) is 6.93. The highest BCUT2D eigenvalue weighted by Gasteiger charge is 2.16. The summed E-state index contributed by atoms with van der Waals surface area (Å²) in [6.07, 6.45) is 3.79. The predicted octanol–water partition coefficient (Wildman–Crippen LogP) is 4.88. The number of hydrogen-bond acceptors (Lipinski definition) is 3. The Morgan fingerprint density at radius 1 is 1.10 bits per heavy atom. The minimum atomic E-state index is 0.417. The van der Waals surface area contributed by atoms with Gasteiger partial charge in [-0.05, 0) is 42.1 Å². The van der Waals surface area contributed by atoms with E-state index >= 15 is 0 Å². The summed E-state index contributed by atoms with van der Waals surface area (Å²) in [7, 11) is 2.04. The van der Waals surface area contributed by atoms with Gasteiger partial charge >= 0.3 is 0 Å². The maximum absolute atomic E-state index is 4.21. The first-order chi connectivity index (χ1) is 10.2. The fraction of sp³-hybridized carbons (Fsp3) is 0.278. The molecule has 0 amide bonds. The van der Waals surface area contributed by atoms with Crippen molar-refractivity contribution in [2.45, 2.75) is 19.9 Å². The van der Waals surface area contributed by atoms with Gasteiger partial charge in [-0.15, -0.1) is 11.3 Å². The van der Waals surface area contributed by atoms with Gasteiger partial charge < -0.3 is 5.32 Å². The molecule has 2 aromatic heterocycles. The van der Waals surface area contributed by atoms with Crippen molar-refractivity contribution in [2.75, 3.05) is 7.05 Å². The Labute approximate surface area is 129 Å². The molecule has 3 aromatic rings. The maximum Gasteiger partial charge on any atom is 0.0435 e. The second-order valence-electron chi connectivity index (χ2n) is 5.61. The van der Waals surface area contributed by atoms with Crippen molar-refractivity contribution in [1.29, 1.82) is 0 Å². The second kappa shape index (κ2) is 5.96. The number of rotatable bonds is 4. The first-order valence-electron chi connectivity index (χ1n) is 7.31. The number of aromatic nitrogens is 1. The molecule has 0 fully saturated rings. The molecule has 0 aliphatic rings. The molecule has 0 bridgehead atoms. The lowest BCUT2D eigenvalue weighted by atomic mass is 10.0. The van der Waals surface area contributed by atoms with Gasteiger partial charge in [0.1, 0.15) is 0 Å². The molecule has 0 spiro atoms. The van der Waals surface area contributed by atoms with E-state index in [0.717, 1.165) is 0 Å². The van der Waals surface area contributed by atoms with Crippen LogP contribution in [-0.4, -0.2) is 12.0 Å². The Morgan fingerprint density at radius 3 is 2.71 bits per heavy atom. The van der Waals surface area contributed by atoms with Crippen LogP contribution in [0.1, 0.15) is 24.8 Å². The van der Waals surface area contributed by atoms with Crippen molar-refractivity contribution in [2.24, 2.45) is 5.92 Å². The fourth-order valence-corrected chi connectivity index (χ4v) is 4.14. The SMILES string of the molecule is CNC(c1ccc(-c2cccc3cnccc23)s1)C(C)C. The third-order valence-corrected chi connectivity index (χ3v) is 5.06. The standard InChI is InChI=1S/C18H20N2S/c1-12(2)18(19-3)17-8-7-16(21-17)15-6-4-5-13-11-20-10-9-14(13)15/h4-12,18-19H,1-3H3. The zero-order chi connectivity index (χ0) is 14.8. The smallest absolute Gasteiger partial charge is 0.0435 e. The van der Waals surface area contributed by atoms with E-state index in [1.54, 1.807) is 0 Å². The van der Waals surface area contributed by atoms with Gasteiger partial charge in [-0.1, -0.05) is 32.0 Å². The lowest BCUT2D eigenvalue weighted by Gasteiger charge is -2.18. The fourth-order valence-electron chi connectivity index (χ4n) is 2.81. The van der Waals surface area contributed by atoms with Crippen LogP contribution in [0.15, 0.2) is 48.8 Å². The van der Waals surface area contributed by atoms with Crippen LogP contribution in [0, 0.1) is 5.92 Å². The van der Waals surface area contributed by atoms with Crippen molar-refractivity contribution in [3.63, 3.8) is 0 Å². The molecule has 0 saturated heterocycles. The second-order valence-corrected chi connectivity index (χ2v) is 6.73. The first-order valence-corrected chi connectivity index (χ1v) is 8.12.